The van der Waals surface area contributed by atoms with E-state index in [1.165, 1.54) is 0 Å². The van der Waals surface area contributed by atoms with E-state index in [-0.39, 0.29) is 12.6 Å². The minimum absolute atomic E-state index is 0.132. The van der Waals surface area contributed by atoms with Crippen molar-refractivity contribution in [2.24, 2.45) is 5.92 Å². The Balaban J connectivity index is 2.51. The maximum Gasteiger partial charge on any atom is 0.390 e. The third-order valence-electron chi connectivity index (χ3n) is 3.52. The van der Waals surface area contributed by atoms with E-state index in [2.05, 4.69) is 19.2 Å². The molecule has 0 aromatic heterocycles. The number of nitrogens with one attached hydrogen (secondary N) is 1. The van der Waals surface area contributed by atoms with Gasteiger partial charge in [-0.2, -0.15) is 13.2 Å². The van der Waals surface area contributed by atoms with E-state index in [1.54, 1.807) is 0 Å². The first kappa shape index (κ1) is 14.8. The number of rotatable bonds is 4. The number of halogens is 3. The van der Waals surface area contributed by atoms with Crippen LogP contribution in [0.15, 0.2) is 0 Å². The van der Waals surface area contributed by atoms with Crippen molar-refractivity contribution in [1.29, 1.82) is 0 Å². The molecule has 0 bridgehead atoms. The summed E-state index contributed by atoms with van der Waals surface area (Å²) in [5, 5.41) is 3.42. The summed E-state index contributed by atoms with van der Waals surface area (Å²) >= 11 is 0. The van der Waals surface area contributed by atoms with Crippen LogP contribution in [0.2, 0.25) is 0 Å². The summed E-state index contributed by atoms with van der Waals surface area (Å²) < 4.78 is 36.8. The van der Waals surface area contributed by atoms with Crippen LogP contribution in [0.4, 0.5) is 13.2 Å². The Labute approximate surface area is 102 Å². The van der Waals surface area contributed by atoms with E-state index in [0.29, 0.717) is 12.0 Å². The Bertz CT molecular complexity index is 228. The molecule has 1 N–H and O–H groups in total. The van der Waals surface area contributed by atoms with E-state index >= 15 is 0 Å². The van der Waals surface area contributed by atoms with Gasteiger partial charge < -0.3 is 5.32 Å². The second-order valence-corrected chi connectivity index (χ2v) is 5.18. The molecule has 2 unspecified atom stereocenters. The fourth-order valence-corrected chi connectivity index (χ4v) is 2.28. The lowest BCUT2D eigenvalue weighted by molar-refractivity contribution is -0.140. The van der Waals surface area contributed by atoms with E-state index in [9.17, 15) is 13.2 Å². The highest BCUT2D eigenvalue weighted by molar-refractivity contribution is 4.87. The monoisotopic (exact) mass is 252 g/mol. The molecule has 1 aliphatic heterocycles. The molecule has 0 aromatic carbocycles. The molecule has 1 saturated heterocycles. The maximum atomic E-state index is 12.3. The third kappa shape index (κ3) is 4.84. The zero-order valence-electron chi connectivity index (χ0n) is 10.8. The molecule has 1 rings (SSSR count). The smallest absolute Gasteiger partial charge is 0.311 e. The quantitative estimate of drug-likeness (QED) is 0.827. The lowest BCUT2D eigenvalue weighted by Gasteiger charge is -2.41. The summed E-state index contributed by atoms with van der Waals surface area (Å²) in [6.07, 6.45) is -3.85. The summed E-state index contributed by atoms with van der Waals surface area (Å²) in [6.45, 7) is 7.90. The van der Waals surface area contributed by atoms with Gasteiger partial charge in [0.2, 0.25) is 0 Å². The molecule has 0 aliphatic carbocycles. The molecule has 0 radical (unpaired) electrons. The normalized spacial score (nSPS) is 27.7. The second kappa shape index (κ2) is 6.05. The molecule has 1 fully saturated rings. The van der Waals surface area contributed by atoms with E-state index in [4.69, 9.17) is 0 Å². The molecule has 5 heteroatoms. The van der Waals surface area contributed by atoms with Crippen molar-refractivity contribution >= 4 is 0 Å². The van der Waals surface area contributed by atoms with E-state index in [1.807, 2.05) is 11.8 Å². The second-order valence-electron chi connectivity index (χ2n) is 5.18. The Morgan fingerprint density at radius 3 is 2.47 bits per heavy atom. The lowest BCUT2D eigenvalue weighted by Crippen LogP contribution is -2.58. The largest absolute Gasteiger partial charge is 0.390 e. The molecule has 1 heterocycles. The lowest BCUT2D eigenvalue weighted by atomic mass is 9.98. The number of piperazine rings is 1. The zero-order chi connectivity index (χ0) is 13.1. The van der Waals surface area contributed by atoms with Gasteiger partial charge in [0.25, 0.3) is 0 Å². The molecule has 2 nitrogen and oxygen atoms in total. The minimum Gasteiger partial charge on any atom is -0.311 e. The standard InChI is InChI=1S/C12H23F3N2/c1-4-10-7-16-11(9(2)3)8-17(10)6-5-12(13,14)15/h9-11,16H,4-8H2,1-3H3. The highest BCUT2D eigenvalue weighted by atomic mass is 19.4. The summed E-state index contributed by atoms with van der Waals surface area (Å²) in [7, 11) is 0. The van der Waals surface area contributed by atoms with Gasteiger partial charge in [0.1, 0.15) is 0 Å². The van der Waals surface area contributed by atoms with Gasteiger partial charge >= 0.3 is 6.18 Å². The van der Waals surface area contributed by atoms with Gasteiger partial charge in [-0.3, -0.25) is 4.90 Å². The van der Waals surface area contributed by atoms with Crippen molar-refractivity contribution in [3.63, 3.8) is 0 Å². The summed E-state index contributed by atoms with van der Waals surface area (Å²) in [5.74, 6) is 0.459. The molecule has 102 valence electrons. The summed E-state index contributed by atoms with van der Waals surface area (Å²) in [4.78, 5) is 1.99. The van der Waals surface area contributed by atoms with Gasteiger partial charge in [0, 0.05) is 31.7 Å². The number of alkyl halides is 3. The van der Waals surface area contributed by atoms with E-state index in [0.717, 1.165) is 19.5 Å². The fraction of sp³-hybridized carbons (Fsp3) is 1.00. The number of hydrogen-bond donors (Lipinski definition) is 1. The number of hydrogen-bond acceptors (Lipinski definition) is 2. The molecule has 1 aliphatic rings. The highest BCUT2D eigenvalue weighted by Gasteiger charge is 2.32. The zero-order valence-corrected chi connectivity index (χ0v) is 10.8. The SMILES string of the molecule is CCC1CNC(C(C)C)CN1CCC(F)(F)F. The predicted octanol–water partition coefficient (Wildman–Crippen LogP) is 2.65. The van der Waals surface area contributed by atoms with Gasteiger partial charge in [0.15, 0.2) is 0 Å². The third-order valence-corrected chi connectivity index (χ3v) is 3.52. The predicted molar refractivity (Wildman–Crippen MR) is 63.0 cm³/mol. The van der Waals surface area contributed by atoms with Gasteiger partial charge in [-0.05, 0) is 12.3 Å². The minimum atomic E-state index is -4.05. The Morgan fingerprint density at radius 2 is 2.00 bits per heavy atom. The average molecular weight is 252 g/mol. The highest BCUT2D eigenvalue weighted by Crippen LogP contribution is 2.22. The first-order valence-corrected chi connectivity index (χ1v) is 6.37. The molecular formula is C12H23F3N2. The van der Waals surface area contributed by atoms with Crippen LogP contribution in [0.5, 0.6) is 0 Å². The van der Waals surface area contributed by atoms with Crippen LogP contribution < -0.4 is 5.32 Å². The van der Waals surface area contributed by atoms with E-state index < -0.39 is 12.6 Å². The Morgan fingerprint density at radius 1 is 1.35 bits per heavy atom. The van der Waals surface area contributed by atoms with Crippen LogP contribution in [0, 0.1) is 5.92 Å². The van der Waals surface area contributed by atoms with Crippen LogP contribution in [0.3, 0.4) is 0 Å². The Kier molecular flexibility index (Phi) is 5.25. The van der Waals surface area contributed by atoms with Gasteiger partial charge in [0.05, 0.1) is 6.42 Å². The fourth-order valence-electron chi connectivity index (χ4n) is 2.28. The maximum absolute atomic E-state index is 12.3. The molecule has 17 heavy (non-hydrogen) atoms. The Hall–Kier alpha value is -0.290. The van der Waals surface area contributed by atoms with Gasteiger partial charge in [-0.25, -0.2) is 0 Å². The molecule has 0 saturated carbocycles. The van der Waals surface area contributed by atoms with Crippen molar-refractivity contribution in [1.82, 2.24) is 10.2 Å². The summed E-state index contributed by atoms with van der Waals surface area (Å²) in [5.41, 5.74) is 0. The van der Waals surface area contributed by atoms with Crippen LogP contribution in [-0.4, -0.2) is 42.8 Å². The van der Waals surface area contributed by atoms with Crippen molar-refractivity contribution in [3.05, 3.63) is 0 Å². The average Bonchev–Trinajstić information content (AvgIpc) is 2.24. The van der Waals surface area contributed by atoms with Crippen molar-refractivity contribution in [2.75, 3.05) is 19.6 Å². The molecule has 0 spiro atoms. The first-order valence-electron chi connectivity index (χ1n) is 6.37. The van der Waals surface area contributed by atoms with Crippen LogP contribution in [0.1, 0.15) is 33.6 Å². The molecular weight excluding hydrogens is 229 g/mol. The van der Waals surface area contributed by atoms with Crippen molar-refractivity contribution < 1.29 is 13.2 Å². The molecule has 2 atom stereocenters. The van der Waals surface area contributed by atoms with Crippen LogP contribution in [-0.2, 0) is 0 Å². The van der Waals surface area contributed by atoms with Gasteiger partial charge in [-0.15, -0.1) is 0 Å². The van der Waals surface area contributed by atoms with Crippen molar-refractivity contribution in [3.8, 4) is 0 Å². The topological polar surface area (TPSA) is 15.3 Å². The molecule has 0 amide bonds. The number of nitrogens with zero attached hydrogens (tertiary/aromatic N) is 1. The van der Waals surface area contributed by atoms with Gasteiger partial charge in [-0.1, -0.05) is 20.8 Å². The van der Waals surface area contributed by atoms with Crippen molar-refractivity contribution in [2.45, 2.75) is 51.9 Å². The molecule has 0 aromatic rings. The van der Waals surface area contributed by atoms with Crippen LogP contribution >= 0.6 is 0 Å². The van der Waals surface area contributed by atoms with Crippen LogP contribution in [0.25, 0.3) is 0 Å². The summed E-state index contributed by atoms with van der Waals surface area (Å²) in [6, 6.07) is 0.554. The first-order chi connectivity index (χ1) is 7.83.